The van der Waals surface area contributed by atoms with Gasteiger partial charge in [-0.3, -0.25) is 4.79 Å². The number of nitrogens with one attached hydrogen (secondary N) is 1. The molecule has 0 fully saturated rings. The molecule has 168 valence electrons. The van der Waals surface area contributed by atoms with Crippen molar-refractivity contribution in [3.05, 3.63) is 29.3 Å². The summed E-state index contributed by atoms with van der Waals surface area (Å²) in [6.45, 7) is 6.70. The Bertz CT molecular complexity index is 724. The van der Waals surface area contributed by atoms with Gasteiger partial charge >= 0.3 is 12.0 Å². The number of benzene rings is 1. The number of unbranched alkanes of at least 4 members (excludes halogenated alkanes) is 5. The van der Waals surface area contributed by atoms with Crippen molar-refractivity contribution < 1.29 is 14.7 Å². The Morgan fingerprint density at radius 3 is 2.43 bits per heavy atom. The van der Waals surface area contributed by atoms with Gasteiger partial charge in [-0.15, -0.1) is 11.8 Å². The quantitative estimate of drug-likeness (QED) is 0.337. The maximum atomic E-state index is 12.5. The fourth-order valence-corrected chi connectivity index (χ4v) is 5.13. The van der Waals surface area contributed by atoms with Crippen LogP contribution in [0.5, 0.6) is 0 Å². The highest BCUT2D eigenvalue weighted by atomic mass is 32.2. The van der Waals surface area contributed by atoms with E-state index < -0.39 is 10.7 Å². The number of amides is 2. The SMILES string of the molecule is CCCCCCCCN(C(=O)NC)C1Cc2ccc(SC(C)(CC)C(=O)O)cc2C1. The number of carbonyl (C=O) groups excluding carboxylic acids is 1. The Hall–Kier alpha value is -1.69. The van der Waals surface area contributed by atoms with Crippen molar-refractivity contribution in [2.75, 3.05) is 13.6 Å². The molecular formula is C24H38N2O3S. The van der Waals surface area contributed by atoms with Crippen molar-refractivity contribution in [1.82, 2.24) is 10.2 Å². The van der Waals surface area contributed by atoms with Gasteiger partial charge < -0.3 is 15.3 Å². The second-order valence-corrected chi connectivity index (χ2v) is 10.1. The maximum absolute atomic E-state index is 12.5. The van der Waals surface area contributed by atoms with E-state index in [1.165, 1.54) is 55.0 Å². The van der Waals surface area contributed by atoms with Gasteiger partial charge in [-0.25, -0.2) is 4.79 Å². The van der Waals surface area contributed by atoms with Gasteiger partial charge in [0.25, 0.3) is 0 Å². The van der Waals surface area contributed by atoms with Crippen molar-refractivity contribution in [3.8, 4) is 0 Å². The second kappa shape index (κ2) is 11.6. The van der Waals surface area contributed by atoms with Crippen molar-refractivity contribution in [2.24, 2.45) is 0 Å². The predicted octanol–water partition coefficient (Wildman–Crippen LogP) is 5.50. The van der Waals surface area contributed by atoms with E-state index in [4.69, 9.17) is 0 Å². The van der Waals surface area contributed by atoms with Gasteiger partial charge in [-0.05, 0) is 55.9 Å². The topological polar surface area (TPSA) is 69.6 Å². The zero-order chi connectivity index (χ0) is 22.1. The van der Waals surface area contributed by atoms with Gasteiger partial charge in [-0.1, -0.05) is 52.0 Å². The number of rotatable bonds is 12. The Morgan fingerprint density at radius 1 is 1.13 bits per heavy atom. The molecule has 2 rings (SSSR count). The lowest BCUT2D eigenvalue weighted by molar-refractivity contribution is -0.139. The smallest absolute Gasteiger partial charge is 0.319 e. The average Bonchev–Trinajstić information content (AvgIpc) is 3.15. The molecule has 30 heavy (non-hydrogen) atoms. The molecule has 0 radical (unpaired) electrons. The first-order chi connectivity index (χ1) is 14.3. The number of thioether (sulfide) groups is 1. The first-order valence-electron chi connectivity index (χ1n) is 11.4. The molecular weight excluding hydrogens is 396 g/mol. The maximum Gasteiger partial charge on any atom is 0.319 e. The monoisotopic (exact) mass is 434 g/mol. The second-order valence-electron chi connectivity index (χ2n) is 8.50. The van der Waals surface area contributed by atoms with Gasteiger partial charge in [-0.2, -0.15) is 0 Å². The van der Waals surface area contributed by atoms with Crippen LogP contribution in [0, 0.1) is 0 Å². The van der Waals surface area contributed by atoms with Crippen molar-refractivity contribution in [3.63, 3.8) is 0 Å². The molecule has 2 atom stereocenters. The predicted molar refractivity (Wildman–Crippen MR) is 124 cm³/mol. The molecule has 5 nitrogen and oxygen atoms in total. The van der Waals surface area contributed by atoms with Crippen LogP contribution < -0.4 is 5.32 Å². The molecule has 0 aliphatic heterocycles. The molecule has 1 aromatic rings. The summed E-state index contributed by atoms with van der Waals surface area (Å²) in [7, 11) is 1.70. The van der Waals surface area contributed by atoms with E-state index in [1.807, 2.05) is 17.9 Å². The van der Waals surface area contributed by atoms with Gasteiger partial charge in [0.2, 0.25) is 0 Å². The largest absolute Gasteiger partial charge is 0.480 e. The zero-order valence-corrected chi connectivity index (χ0v) is 19.8. The minimum absolute atomic E-state index is 0.000369. The third-order valence-electron chi connectivity index (χ3n) is 6.23. The molecule has 0 saturated heterocycles. The van der Waals surface area contributed by atoms with Crippen molar-refractivity contribution in [2.45, 2.75) is 94.2 Å². The lowest BCUT2D eigenvalue weighted by Crippen LogP contribution is -2.46. The number of hydrogen-bond acceptors (Lipinski definition) is 3. The molecule has 0 aromatic heterocycles. The molecule has 2 amide bonds. The average molecular weight is 435 g/mol. The lowest BCUT2D eigenvalue weighted by Gasteiger charge is -2.28. The van der Waals surface area contributed by atoms with Crippen LogP contribution >= 0.6 is 11.8 Å². The summed E-state index contributed by atoms with van der Waals surface area (Å²) < 4.78 is -0.821. The number of fused-ring (bicyclic) bond motifs is 1. The molecule has 1 aliphatic carbocycles. The fraction of sp³-hybridized carbons (Fsp3) is 0.667. The number of carboxylic acid groups (broad SMARTS) is 1. The van der Waals surface area contributed by atoms with E-state index in [0.29, 0.717) is 6.42 Å². The van der Waals surface area contributed by atoms with E-state index in [-0.39, 0.29) is 12.1 Å². The van der Waals surface area contributed by atoms with E-state index in [2.05, 4.69) is 24.4 Å². The molecule has 0 saturated carbocycles. The first-order valence-corrected chi connectivity index (χ1v) is 12.2. The molecule has 0 bridgehead atoms. The van der Waals surface area contributed by atoms with Crippen LogP contribution in [0.1, 0.15) is 76.8 Å². The Morgan fingerprint density at radius 2 is 1.80 bits per heavy atom. The van der Waals surface area contributed by atoms with Gasteiger partial charge in [0.1, 0.15) is 4.75 Å². The number of nitrogens with zero attached hydrogens (tertiary/aromatic N) is 1. The van der Waals surface area contributed by atoms with E-state index in [0.717, 1.165) is 30.7 Å². The summed E-state index contributed by atoms with van der Waals surface area (Å²) in [5.41, 5.74) is 2.51. The number of carbonyl (C=O) groups is 2. The summed E-state index contributed by atoms with van der Waals surface area (Å²) in [6, 6.07) is 6.44. The highest BCUT2D eigenvalue weighted by molar-refractivity contribution is 8.01. The molecule has 6 heteroatoms. The number of aliphatic carboxylic acids is 1. The van der Waals surface area contributed by atoms with Crippen LogP contribution in [0.4, 0.5) is 4.79 Å². The van der Waals surface area contributed by atoms with Crippen LogP contribution in [-0.2, 0) is 17.6 Å². The summed E-state index contributed by atoms with van der Waals surface area (Å²) in [5, 5.41) is 12.4. The van der Waals surface area contributed by atoms with Crippen LogP contribution in [-0.4, -0.2) is 46.4 Å². The minimum Gasteiger partial charge on any atom is -0.480 e. The van der Waals surface area contributed by atoms with E-state index in [9.17, 15) is 14.7 Å². The minimum atomic E-state index is -0.821. The molecule has 1 aliphatic rings. The first kappa shape index (κ1) is 24.6. The Balaban J connectivity index is 2.01. The summed E-state index contributed by atoms with van der Waals surface area (Å²) >= 11 is 1.42. The normalized spacial score (nSPS) is 17.3. The third-order valence-corrected chi connectivity index (χ3v) is 7.63. The molecule has 1 aromatic carbocycles. The highest BCUT2D eigenvalue weighted by Crippen LogP contribution is 2.38. The van der Waals surface area contributed by atoms with Crippen LogP contribution in [0.15, 0.2) is 23.1 Å². The molecule has 2 N–H and O–H groups in total. The molecule has 0 spiro atoms. The standard InChI is InChI=1S/C24H38N2O3S/c1-5-7-8-9-10-11-14-26(23(29)25-4)20-15-18-12-13-21(17-19(18)16-20)30-24(3,6-2)22(27)28/h12-13,17,20H,5-11,14-16H2,1-4H3,(H,25,29)(H,27,28). The van der Waals surface area contributed by atoms with Crippen molar-refractivity contribution >= 4 is 23.8 Å². The molecule has 2 unspecified atom stereocenters. The van der Waals surface area contributed by atoms with Gasteiger partial charge in [0.05, 0.1) is 0 Å². The van der Waals surface area contributed by atoms with Crippen LogP contribution in [0.25, 0.3) is 0 Å². The fourth-order valence-electron chi connectivity index (χ4n) is 4.04. The number of carboxylic acids is 1. The number of urea groups is 1. The van der Waals surface area contributed by atoms with Gasteiger partial charge in [0, 0.05) is 24.5 Å². The van der Waals surface area contributed by atoms with Crippen molar-refractivity contribution in [1.29, 1.82) is 0 Å². The molecule has 0 heterocycles. The lowest BCUT2D eigenvalue weighted by atomic mass is 10.1. The highest BCUT2D eigenvalue weighted by Gasteiger charge is 2.34. The van der Waals surface area contributed by atoms with Crippen LogP contribution in [0.2, 0.25) is 0 Å². The van der Waals surface area contributed by atoms with Crippen LogP contribution in [0.3, 0.4) is 0 Å². The summed E-state index contributed by atoms with van der Waals surface area (Å²) in [5.74, 6) is -0.780. The summed E-state index contributed by atoms with van der Waals surface area (Å²) in [6.07, 6.45) is 9.52. The Kier molecular flexibility index (Phi) is 9.53. The number of hydrogen-bond donors (Lipinski definition) is 2. The zero-order valence-electron chi connectivity index (χ0n) is 19.0. The van der Waals surface area contributed by atoms with Gasteiger partial charge in [0.15, 0.2) is 0 Å². The third kappa shape index (κ3) is 6.40. The Labute approximate surface area is 186 Å². The van der Waals surface area contributed by atoms with E-state index >= 15 is 0 Å². The van der Waals surface area contributed by atoms with E-state index in [1.54, 1.807) is 14.0 Å². The summed E-state index contributed by atoms with van der Waals surface area (Å²) in [4.78, 5) is 27.2.